The maximum absolute atomic E-state index is 11.3. The lowest BCUT2D eigenvalue weighted by molar-refractivity contribution is -0.146. The van der Waals surface area contributed by atoms with E-state index in [0.29, 0.717) is 19.6 Å². The van der Waals surface area contributed by atoms with Crippen LogP contribution in [0.5, 0.6) is 0 Å². The van der Waals surface area contributed by atoms with E-state index in [2.05, 4.69) is 6.92 Å². The highest BCUT2D eigenvalue weighted by Gasteiger charge is 2.14. The van der Waals surface area contributed by atoms with Crippen LogP contribution in [0, 0.1) is 0 Å². The van der Waals surface area contributed by atoms with E-state index in [0.717, 1.165) is 12.8 Å². The highest BCUT2D eigenvalue weighted by Crippen LogP contribution is 2.11. The zero-order valence-corrected chi connectivity index (χ0v) is 10.3. The predicted molar refractivity (Wildman–Crippen MR) is 60.8 cm³/mol. The van der Waals surface area contributed by atoms with E-state index in [4.69, 9.17) is 9.47 Å². The summed E-state index contributed by atoms with van der Waals surface area (Å²) < 4.78 is 10.4. The summed E-state index contributed by atoms with van der Waals surface area (Å²) in [5, 5.41) is 0. The fraction of sp³-hybridized carbons (Fsp3) is 0.917. The maximum atomic E-state index is 11.3. The van der Waals surface area contributed by atoms with Gasteiger partial charge in [0.2, 0.25) is 0 Å². The summed E-state index contributed by atoms with van der Waals surface area (Å²) >= 11 is 0. The van der Waals surface area contributed by atoms with Gasteiger partial charge in [-0.15, -0.1) is 0 Å². The van der Waals surface area contributed by atoms with E-state index in [-0.39, 0.29) is 12.1 Å². The van der Waals surface area contributed by atoms with Gasteiger partial charge in [0.1, 0.15) is 0 Å². The van der Waals surface area contributed by atoms with Crippen LogP contribution in [0.15, 0.2) is 0 Å². The summed E-state index contributed by atoms with van der Waals surface area (Å²) in [6.45, 7) is 7.06. The monoisotopic (exact) mass is 216 g/mol. The number of carbonyl (C=O) groups excluding carboxylic acids is 1. The molecule has 1 atom stereocenters. The number of carbonyl (C=O) groups is 1. The van der Waals surface area contributed by atoms with E-state index >= 15 is 0 Å². The van der Waals surface area contributed by atoms with Crippen molar-refractivity contribution in [2.45, 2.75) is 59.0 Å². The summed E-state index contributed by atoms with van der Waals surface area (Å²) in [5.41, 5.74) is 0. The van der Waals surface area contributed by atoms with Crippen LogP contribution < -0.4 is 0 Å². The number of esters is 1. The molecule has 0 aromatic carbocycles. The van der Waals surface area contributed by atoms with Gasteiger partial charge in [-0.2, -0.15) is 0 Å². The lowest BCUT2D eigenvalue weighted by Crippen LogP contribution is -2.19. The van der Waals surface area contributed by atoms with Crippen molar-refractivity contribution in [1.29, 1.82) is 0 Å². The summed E-state index contributed by atoms with van der Waals surface area (Å²) in [6, 6.07) is 0. The third-order valence-electron chi connectivity index (χ3n) is 2.23. The van der Waals surface area contributed by atoms with E-state index in [1.807, 2.05) is 13.8 Å². The fourth-order valence-corrected chi connectivity index (χ4v) is 1.51. The Bertz CT molecular complexity index is 157. The Balaban J connectivity index is 3.75. The Labute approximate surface area is 93.1 Å². The first-order valence-electron chi connectivity index (χ1n) is 6.01. The van der Waals surface area contributed by atoms with Crippen LogP contribution >= 0.6 is 0 Å². The summed E-state index contributed by atoms with van der Waals surface area (Å²) in [7, 11) is 0. The summed E-state index contributed by atoms with van der Waals surface area (Å²) in [4.78, 5) is 11.3. The highest BCUT2D eigenvalue weighted by molar-refractivity contribution is 5.69. The average Bonchev–Trinajstić information content (AvgIpc) is 2.18. The Hall–Kier alpha value is -0.570. The van der Waals surface area contributed by atoms with Gasteiger partial charge in [-0.05, 0) is 20.3 Å². The van der Waals surface area contributed by atoms with Gasteiger partial charge in [0.25, 0.3) is 0 Å². The Morgan fingerprint density at radius 2 is 1.87 bits per heavy atom. The van der Waals surface area contributed by atoms with E-state index in [1.54, 1.807) is 0 Å². The predicted octanol–water partition coefficient (Wildman–Crippen LogP) is 2.93. The lowest BCUT2D eigenvalue weighted by Gasteiger charge is -2.15. The summed E-state index contributed by atoms with van der Waals surface area (Å²) in [6.07, 6.45) is 4.91. The maximum Gasteiger partial charge on any atom is 0.308 e. The van der Waals surface area contributed by atoms with Crippen LogP contribution in [0.2, 0.25) is 0 Å². The summed E-state index contributed by atoms with van der Waals surface area (Å²) in [5.74, 6) is -0.146. The van der Waals surface area contributed by atoms with Crippen LogP contribution in [0.3, 0.4) is 0 Å². The minimum atomic E-state index is -0.146. The zero-order chi connectivity index (χ0) is 11.5. The lowest BCUT2D eigenvalue weighted by atomic mass is 10.1. The molecule has 0 fully saturated rings. The molecule has 0 amide bonds. The zero-order valence-electron chi connectivity index (χ0n) is 10.3. The number of unbranched alkanes of at least 4 members (excludes halogenated alkanes) is 2. The molecule has 3 nitrogen and oxygen atoms in total. The second kappa shape index (κ2) is 9.97. The molecular formula is C12H24O3. The molecule has 0 rings (SSSR count). The largest absolute Gasteiger partial charge is 0.466 e. The average molecular weight is 216 g/mol. The van der Waals surface area contributed by atoms with E-state index in [9.17, 15) is 4.79 Å². The third-order valence-corrected chi connectivity index (χ3v) is 2.23. The van der Waals surface area contributed by atoms with Crippen molar-refractivity contribution in [2.24, 2.45) is 0 Å². The van der Waals surface area contributed by atoms with Gasteiger partial charge in [-0.1, -0.05) is 26.2 Å². The van der Waals surface area contributed by atoms with Crippen molar-refractivity contribution in [2.75, 3.05) is 13.2 Å². The molecule has 0 saturated heterocycles. The van der Waals surface area contributed by atoms with Crippen LogP contribution in [0.25, 0.3) is 0 Å². The SMILES string of the molecule is CCCCCC(CC(=O)OCC)OCC. The molecule has 0 heterocycles. The van der Waals surface area contributed by atoms with Gasteiger partial charge >= 0.3 is 5.97 Å². The van der Waals surface area contributed by atoms with Crippen molar-refractivity contribution < 1.29 is 14.3 Å². The second-order valence-corrected chi connectivity index (χ2v) is 3.58. The Morgan fingerprint density at radius 3 is 2.40 bits per heavy atom. The molecule has 0 saturated carbocycles. The molecule has 15 heavy (non-hydrogen) atoms. The first kappa shape index (κ1) is 14.4. The molecule has 0 spiro atoms. The second-order valence-electron chi connectivity index (χ2n) is 3.58. The van der Waals surface area contributed by atoms with E-state index < -0.39 is 0 Å². The minimum Gasteiger partial charge on any atom is -0.466 e. The Kier molecular flexibility index (Phi) is 9.59. The van der Waals surface area contributed by atoms with Gasteiger partial charge in [0.15, 0.2) is 0 Å². The molecule has 90 valence electrons. The molecule has 1 unspecified atom stereocenters. The van der Waals surface area contributed by atoms with Gasteiger partial charge in [-0.25, -0.2) is 0 Å². The van der Waals surface area contributed by atoms with Crippen LogP contribution in [0.1, 0.15) is 52.9 Å². The van der Waals surface area contributed by atoms with Crippen molar-refractivity contribution in [3.05, 3.63) is 0 Å². The number of rotatable bonds is 9. The third kappa shape index (κ3) is 8.43. The van der Waals surface area contributed by atoms with Crippen molar-refractivity contribution in [1.82, 2.24) is 0 Å². The van der Waals surface area contributed by atoms with Gasteiger partial charge < -0.3 is 9.47 Å². The standard InChI is InChI=1S/C12H24O3/c1-4-7-8-9-11(14-5-2)10-12(13)15-6-3/h11H,4-10H2,1-3H3. The number of hydrogen-bond acceptors (Lipinski definition) is 3. The minimum absolute atomic E-state index is 0.0422. The highest BCUT2D eigenvalue weighted by atomic mass is 16.5. The van der Waals surface area contributed by atoms with Gasteiger partial charge in [-0.3, -0.25) is 4.79 Å². The molecule has 0 N–H and O–H groups in total. The first-order valence-corrected chi connectivity index (χ1v) is 6.01. The quantitative estimate of drug-likeness (QED) is 0.439. The fourth-order valence-electron chi connectivity index (χ4n) is 1.51. The molecule has 0 aliphatic carbocycles. The molecule has 0 aromatic rings. The van der Waals surface area contributed by atoms with E-state index in [1.165, 1.54) is 12.8 Å². The molecule has 3 heteroatoms. The number of hydrogen-bond donors (Lipinski definition) is 0. The molecule has 0 radical (unpaired) electrons. The van der Waals surface area contributed by atoms with Crippen LogP contribution in [0.4, 0.5) is 0 Å². The molecular weight excluding hydrogens is 192 g/mol. The van der Waals surface area contributed by atoms with Crippen molar-refractivity contribution in [3.63, 3.8) is 0 Å². The van der Waals surface area contributed by atoms with Crippen molar-refractivity contribution in [3.8, 4) is 0 Å². The van der Waals surface area contributed by atoms with Crippen LogP contribution in [-0.4, -0.2) is 25.3 Å². The van der Waals surface area contributed by atoms with Crippen LogP contribution in [-0.2, 0) is 14.3 Å². The van der Waals surface area contributed by atoms with Crippen molar-refractivity contribution >= 4 is 5.97 Å². The Morgan fingerprint density at radius 1 is 1.13 bits per heavy atom. The first-order chi connectivity index (χ1) is 7.24. The van der Waals surface area contributed by atoms with Gasteiger partial charge in [0, 0.05) is 6.61 Å². The molecule has 0 aliphatic heterocycles. The van der Waals surface area contributed by atoms with Gasteiger partial charge in [0.05, 0.1) is 19.1 Å². The normalized spacial score (nSPS) is 12.5. The number of ether oxygens (including phenoxy) is 2. The smallest absolute Gasteiger partial charge is 0.308 e. The molecule has 0 bridgehead atoms. The molecule has 0 aliphatic rings. The topological polar surface area (TPSA) is 35.5 Å². The molecule has 0 aromatic heterocycles.